The summed E-state index contributed by atoms with van der Waals surface area (Å²) in [6.45, 7) is 0. The largest absolute Gasteiger partial charge is 0.478 e. The van der Waals surface area contributed by atoms with Crippen LogP contribution in [0.5, 0.6) is 0 Å². The SMILES string of the molecule is O=C(O)c1ccc(S(=O)(=O)Nc2cccn3ccnc23)cc1. The molecule has 1 aromatic carbocycles. The first-order valence-electron chi connectivity index (χ1n) is 6.25. The first kappa shape index (κ1) is 14.1. The van der Waals surface area contributed by atoms with Crippen LogP contribution < -0.4 is 4.72 Å². The minimum Gasteiger partial charge on any atom is -0.478 e. The van der Waals surface area contributed by atoms with Crippen LogP contribution in [-0.4, -0.2) is 28.9 Å². The highest BCUT2D eigenvalue weighted by Crippen LogP contribution is 2.20. The van der Waals surface area contributed by atoms with Crippen LogP contribution in [0.15, 0.2) is 59.9 Å². The molecule has 2 N–H and O–H groups in total. The summed E-state index contributed by atoms with van der Waals surface area (Å²) >= 11 is 0. The zero-order chi connectivity index (χ0) is 15.7. The summed E-state index contributed by atoms with van der Waals surface area (Å²) in [4.78, 5) is 14.9. The van der Waals surface area contributed by atoms with Gasteiger partial charge in [0.15, 0.2) is 5.65 Å². The molecule has 0 aliphatic carbocycles. The van der Waals surface area contributed by atoms with Crippen LogP contribution in [0, 0.1) is 0 Å². The number of sulfonamides is 1. The fraction of sp³-hybridized carbons (Fsp3) is 0. The maximum atomic E-state index is 12.4. The molecule has 0 saturated heterocycles. The van der Waals surface area contributed by atoms with Crippen molar-refractivity contribution in [2.24, 2.45) is 0 Å². The van der Waals surface area contributed by atoms with E-state index in [0.717, 1.165) is 0 Å². The van der Waals surface area contributed by atoms with Gasteiger partial charge in [0, 0.05) is 18.6 Å². The molecule has 112 valence electrons. The summed E-state index contributed by atoms with van der Waals surface area (Å²) in [6, 6.07) is 8.28. The lowest BCUT2D eigenvalue weighted by Crippen LogP contribution is -2.14. The number of carboxylic acids is 1. The van der Waals surface area contributed by atoms with Gasteiger partial charge in [-0.05, 0) is 36.4 Å². The van der Waals surface area contributed by atoms with Gasteiger partial charge in [0.05, 0.1) is 16.1 Å². The predicted octanol–water partition coefficient (Wildman–Crippen LogP) is 1.83. The first-order valence-corrected chi connectivity index (χ1v) is 7.73. The highest BCUT2D eigenvalue weighted by atomic mass is 32.2. The van der Waals surface area contributed by atoms with Crippen LogP contribution in [-0.2, 0) is 10.0 Å². The number of fused-ring (bicyclic) bond motifs is 1. The second-order valence-electron chi connectivity index (χ2n) is 4.52. The van der Waals surface area contributed by atoms with Crippen LogP contribution in [0.1, 0.15) is 10.4 Å². The van der Waals surface area contributed by atoms with E-state index in [1.165, 1.54) is 24.3 Å². The molecule has 0 atom stereocenters. The standard InChI is InChI=1S/C14H11N3O4S/c18-14(19)10-3-5-11(6-4-10)22(20,21)16-12-2-1-8-17-9-7-15-13(12)17/h1-9,16H,(H,18,19). The highest BCUT2D eigenvalue weighted by molar-refractivity contribution is 7.92. The van der Waals surface area contributed by atoms with Gasteiger partial charge in [-0.1, -0.05) is 0 Å². The normalized spacial score (nSPS) is 11.5. The van der Waals surface area contributed by atoms with Gasteiger partial charge in [-0.2, -0.15) is 0 Å². The van der Waals surface area contributed by atoms with Crippen molar-refractivity contribution in [1.29, 1.82) is 0 Å². The average Bonchev–Trinajstić information content (AvgIpc) is 2.96. The summed E-state index contributed by atoms with van der Waals surface area (Å²) in [5.74, 6) is -1.11. The van der Waals surface area contributed by atoms with Gasteiger partial charge in [0.1, 0.15) is 0 Å². The molecule has 0 bridgehead atoms. The van der Waals surface area contributed by atoms with E-state index in [9.17, 15) is 13.2 Å². The van der Waals surface area contributed by atoms with Crippen molar-refractivity contribution >= 4 is 27.3 Å². The van der Waals surface area contributed by atoms with Crippen LogP contribution in [0.25, 0.3) is 5.65 Å². The van der Waals surface area contributed by atoms with Crippen LogP contribution >= 0.6 is 0 Å². The Bertz CT molecular complexity index is 946. The van der Waals surface area contributed by atoms with Gasteiger partial charge in [0.25, 0.3) is 10.0 Å². The fourth-order valence-corrected chi connectivity index (χ4v) is 3.07. The van der Waals surface area contributed by atoms with Gasteiger partial charge in [-0.3, -0.25) is 4.72 Å². The Morgan fingerprint density at radius 2 is 1.86 bits per heavy atom. The molecule has 0 amide bonds. The van der Waals surface area contributed by atoms with E-state index in [2.05, 4.69) is 9.71 Å². The topological polar surface area (TPSA) is 101 Å². The smallest absolute Gasteiger partial charge is 0.335 e. The number of rotatable bonds is 4. The average molecular weight is 317 g/mol. The van der Waals surface area contributed by atoms with Crippen LogP contribution in [0.2, 0.25) is 0 Å². The van der Waals surface area contributed by atoms with Gasteiger partial charge >= 0.3 is 5.97 Å². The van der Waals surface area contributed by atoms with Crippen molar-refractivity contribution in [3.63, 3.8) is 0 Å². The fourth-order valence-electron chi connectivity index (χ4n) is 2.01. The summed E-state index contributed by atoms with van der Waals surface area (Å²) in [5.41, 5.74) is 0.845. The number of benzene rings is 1. The van der Waals surface area contributed by atoms with Crippen LogP contribution in [0.4, 0.5) is 5.69 Å². The summed E-state index contributed by atoms with van der Waals surface area (Å²) < 4.78 is 28.8. The molecule has 0 unspecified atom stereocenters. The van der Waals surface area contributed by atoms with Gasteiger partial charge in [-0.25, -0.2) is 18.2 Å². The molecular weight excluding hydrogens is 306 g/mol. The number of hydrogen-bond donors (Lipinski definition) is 2. The second-order valence-corrected chi connectivity index (χ2v) is 6.20. The number of anilines is 1. The van der Waals surface area contributed by atoms with E-state index in [-0.39, 0.29) is 10.5 Å². The van der Waals surface area contributed by atoms with Crippen molar-refractivity contribution in [2.75, 3.05) is 4.72 Å². The Labute approximate surface area is 125 Å². The third-order valence-electron chi connectivity index (χ3n) is 3.08. The first-order chi connectivity index (χ1) is 10.5. The monoisotopic (exact) mass is 317 g/mol. The minimum absolute atomic E-state index is 0.0222. The van der Waals surface area contributed by atoms with Crippen molar-refractivity contribution in [1.82, 2.24) is 9.38 Å². The Kier molecular flexibility index (Phi) is 3.30. The number of imidazole rings is 1. The van der Waals surface area contributed by atoms with E-state index in [1.807, 2.05) is 0 Å². The van der Waals surface area contributed by atoms with E-state index in [1.54, 1.807) is 35.1 Å². The Morgan fingerprint density at radius 1 is 1.14 bits per heavy atom. The number of aromatic nitrogens is 2. The zero-order valence-electron chi connectivity index (χ0n) is 11.2. The van der Waals surface area contributed by atoms with Crippen molar-refractivity contribution < 1.29 is 18.3 Å². The molecule has 0 spiro atoms. The molecule has 8 heteroatoms. The molecule has 3 aromatic rings. The molecule has 2 aromatic heterocycles. The lowest BCUT2D eigenvalue weighted by Gasteiger charge is -2.09. The maximum Gasteiger partial charge on any atom is 0.335 e. The van der Waals surface area contributed by atoms with Crippen LogP contribution in [0.3, 0.4) is 0 Å². The molecule has 3 rings (SSSR count). The number of pyridine rings is 1. The third kappa shape index (κ3) is 2.51. The van der Waals surface area contributed by atoms with Gasteiger partial charge in [-0.15, -0.1) is 0 Å². The second kappa shape index (κ2) is 5.15. The van der Waals surface area contributed by atoms with Crippen molar-refractivity contribution in [2.45, 2.75) is 4.90 Å². The molecule has 0 radical (unpaired) electrons. The lowest BCUT2D eigenvalue weighted by atomic mass is 10.2. The molecule has 2 heterocycles. The van der Waals surface area contributed by atoms with Gasteiger partial charge in [0.2, 0.25) is 0 Å². The number of nitrogens with one attached hydrogen (secondary N) is 1. The Morgan fingerprint density at radius 3 is 2.55 bits per heavy atom. The predicted molar refractivity (Wildman–Crippen MR) is 79.4 cm³/mol. The maximum absolute atomic E-state index is 12.4. The minimum atomic E-state index is -3.82. The molecule has 7 nitrogen and oxygen atoms in total. The van der Waals surface area contributed by atoms with Crippen molar-refractivity contribution in [3.05, 3.63) is 60.6 Å². The van der Waals surface area contributed by atoms with Crippen molar-refractivity contribution in [3.8, 4) is 0 Å². The van der Waals surface area contributed by atoms with Gasteiger partial charge < -0.3 is 9.51 Å². The summed E-state index contributed by atoms with van der Waals surface area (Å²) in [7, 11) is -3.82. The number of aromatic carboxylic acids is 1. The molecule has 0 saturated carbocycles. The van der Waals surface area contributed by atoms with E-state index < -0.39 is 16.0 Å². The number of carboxylic acid groups (broad SMARTS) is 1. The van der Waals surface area contributed by atoms with E-state index >= 15 is 0 Å². The lowest BCUT2D eigenvalue weighted by molar-refractivity contribution is 0.0696. The summed E-state index contributed by atoms with van der Waals surface area (Å²) in [6.07, 6.45) is 5.02. The van der Waals surface area contributed by atoms with E-state index in [0.29, 0.717) is 11.3 Å². The molecule has 0 fully saturated rings. The Balaban J connectivity index is 1.96. The molecule has 22 heavy (non-hydrogen) atoms. The molecule has 0 aliphatic rings. The van der Waals surface area contributed by atoms with E-state index in [4.69, 9.17) is 5.11 Å². The Hall–Kier alpha value is -2.87. The molecular formula is C14H11N3O4S. The molecule has 0 aliphatic heterocycles. The zero-order valence-corrected chi connectivity index (χ0v) is 12.0. The highest BCUT2D eigenvalue weighted by Gasteiger charge is 2.16. The summed E-state index contributed by atoms with van der Waals surface area (Å²) in [5, 5.41) is 8.83. The number of nitrogens with zero attached hydrogens (tertiary/aromatic N) is 2. The number of hydrogen-bond acceptors (Lipinski definition) is 4. The quantitative estimate of drug-likeness (QED) is 0.764. The third-order valence-corrected chi connectivity index (χ3v) is 4.46. The number of carbonyl (C=O) groups is 1.